The molecule has 0 aliphatic carbocycles. The first-order valence-corrected chi connectivity index (χ1v) is 7.99. The highest BCUT2D eigenvalue weighted by Crippen LogP contribution is 2.18. The third-order valence-corrected chi connectivity index (χ3v) is 3.76. The smallest absolute Gasteiger partial charge is 0.329 e. The van der Waals surface area contributed by atoms with E-state index in [1.807, 2.05) is 0 Å². The Morgan fingerprint density at radius 2 is 1.92 bits per heavy atom. The lowest BCUT2D eigenvalue weighted by Gasteiger charge is -2.07. The third-order valence-electron chi connectivity index (χ3n) is 3.76. The molecule has 2 aromatic carbocycles. The topological polar surface area (TPSA) is 58.6 Å². The fourth-order valence-electron chi connectivity index (χ4n) is 2.49. The molecule has 1 heterocycles. The zero-order valence-corrected chi connectivity index (χ0v) is 13.9. The lowest BCUT2D eigenvalue weighted by Crippen LogP contribution is -2.30. The van der Waals surface area contributed by atoms with E-state index in [-0.39, 0.29) is 30.6 Å². The van der Waals surface area contributed by atoms with Crippen LogP contribution in [0, 0.1) is 5.82 Å². The highest BCUT2D eigenvalue weighted by atomic mass is 19.1. The lowest BCUT2D eigenvalue weighted by atomic mass is 10.2. The van der Waals surface area contributed by atoms with E-state index in [9.17, 15) is 14.0 Å². The van der Waals surface area contributed by atoms with Crippen molar-refractivity contribution in [1.29, 1.82) is 0 Å². The Labute approximate surface area is 150 Å². The maximum atomic E-state index is 13.1. The Bertz CT molecular complexity index is 875. The number of urea groups is 1. The molecule has 1 N–H and O–H groups in total. The molecule has 0 saturated carbocycles. The summed E-state index contributed by atoms with van der Waals surface area (Å²) in [6, 6.07) is 12.8. The second-order valence-electron chi connectivity index (χ2n) is 5.68. The van der Waals surface area contributed by atoms with Gasteiger partial charge in [-0.3, -0.25) is 9.69 Å². The van der Waals surface area contributed by atoms with Gasteiger partial charge in [-0.1, -0.05) is 30.3 Å². The molecular weight excluding hydrogens is 335 g/mol. The summed E-state index contributed by atoms with van der Waals surface area (Å²) in [5.41, 5.74) is 1.69. The molecule has 0 unspecified atom stereocenters. The van der Waals surface area contributed by atoms with Gasteiger partial charge in [0, 0.05) is 6.54 Å². The molecule has 1 aliphatic heterocycles. The number of nitrogens with one attached hydrogen (secondary N) is 1. The predicted molar refractivity (Wildman–Crippen MR) is 95.6 cm³/mol. The van der Waals surface area contributed by atoms with Crippen molar-refractivity contribution in [3.8, 4) is 5.75 Å². The molecule has 0 radical (unpaired) electrons. The Morgan fingerprint density at radius 3 is 2.62 bits per heavy atom. The standard InChI is InChI=1S/C20H17FN2O3/c1-2-10-23-19(24)18(22-20(23)25)12-14-6-8-17(9-7-14)26-13-15-4-3-5-16(21)11-15/h2-9,11-12H,1,10,13H2,(H,22,25)/b18-12+. The summed E-state index contributed by atoms with van der Waals surface area (Å²) in [4.78, 5) is 24.9. The number of benzene rings is 2. The van der Waals surface area contributed by atoms with Gasteiger partial charge in [0.1, 0.15) is 23.9 Å². The van der Waals surface area contributed by atoms with Gasteiger partial charge in [0.2, 0.25) is 0 Å². The molecule has 0 aromatic heterocycles. The first kappa shape index (κ1) is 17.4. The molecule has 1 fully saturated rings. The number of rotatable bonds is 6. The molecule has 3 rings (SSSR count). The van der Waals surface area contributed by atoms with Crippen LogP contribution in [0.5, 0.6) is 5.75 Å². The summed E-state index contributed by atoms with van der Waals surface area (Å²) >= 11 is 0. The van der Waals surface area contributed by atoms with Crippen molar-refractivity contribution in [2.45, 2.75) is 6.61 Å². The molecular formula is C20H17FN2O3. The number of hydrogen-bond acceptors (Lipinski definition) is 3. The van der Waals surface area contributed by atoms with E-state index in [0.29, 0.717) is 5.75 Å². The second-order valence-corrected chi connectivity index (χ2v) is 5.68. The molecule has 26 heavy (non-hydrogen) atoms. The van der Waals surface area contributed by atoms with Crippen LogP contribution in [0.15, 0.2) is 66.9 Å². The van der Waals surface area contributed by atoms with Crippen LogP contribution in [0.4, 0.5) is 9.18 Å². The van der Waals surface area contributed by atoms with E-state index in [0.717, 1.165) is 16.0 Å². The van der Waals surface area contributed by atoms with Crippen LogP contribution in [-0.4, -0.2) is 23.4 Å². The zero-order valence-electron chi connectivity index (χ0n) is 13.9. The first-order valence-electron chi connectivity index (χ1n) is 7.99. The number of nitrogens with zero attached hydrogens (tertiary/aromatic N) is 1. The van der Waals surface area contributed by atoms with E-state index in [1.165, 1.54) is 18.2 Å². The van der Waals surface area contributed by atoms with E-state index >= 15 is 0 Å². The van der Waals surface area contributed by atoms with Gasteiger partial charge < -0.3 is 10.1 Å². The van der Waals surface area contributed by atoms with Crippen LogP contribution in [0.3, 0.4) is 0 Å². The van der Waals surface area contributed by atoms with Crippen molar-refractivity contribution in [1.82, 2.24) is 10.2 Å². The van der Waals surface area contributed by atoms with Gasteiger partial charge in [-0.2, -0.15) is 0 Å². The van der Waals surface area contributed by atoms with Gasteiger partial charge in [-0.05, 0) is 41.5 Å². The Balaban J connectivity index is 1.65. The van der Waals surface area contributed by atoms with Gasteiger partial charge in [0.05, 0.1) is 0 Å². The maximum Gasteiger partial charge on any atom is 0.329 e. The third kappa shape index (κ3) is 3.97. The highest BCUT2D eigenvalue weighted by Gasteiger charge is 2.32. The average Bonchev–Trinajstić information content (AvgIpc) is 2.89. The number of carbonyl (C=O) groups excluding carboxylic acids is 2. The normalized spacial score (nSPS) is 15.3. The summed E-state index contributed by atoms with van der Waals surface area (Å²) in [5, 5.41) is 2.54. The Hall–Kier alpha value is -3.41. The molecule has 0 atom stereocenters. The number of ether oxygens (including phenoxy) is 1. The summed E-state index contributed by atoms with van der Waals surface area (Å²) < 4.78 is 18.8. The van der Waals surface area contributed by atoms with Crippen LogP contribution < -0.4 is 10.1 Å². The van der Waals surface area contributed by atoms with Crippen LogP contribution in [0.25, 0.3) is 6.08 Å². The van der Waals surface area contributed by atoms with E-state index < -0.39 is 6.03 Å². The number of halogens is 1. The fraction of sp³-hybridized carbons (Fsp3) is 0.100. The minimum absolute atomic E-state index is 0.162. The van der Waals surface area contributed by atoms with Gasteiger partial charge >= 0.3 is 6.03 Å². The largest absolute Gasteiger partial charge is 0.489 e. The molecule has 0 bridgehead atoms. The molecule has 3 amide bonds. The van der Waals surface area contributed by atoms with E-state index in [2.05, 4.69) is 11.9 Å². The van der Waals surface area contributed by atoms with Crippen molar-refractivity contribution < 1.29 is 18.7 Å². The number of amides is 3. The average molecular weight is 352 g/mol. The highest BCUT2D eigenvalue weighted by molar-refractivity contribution is 6.14. The minimum Gasteiger partial charge on any atom is -0.489 e. The van der Waals surface area contributed by atoms with E-state index in [1.54, 1.807) is 42.5 Å². The van der Waals surface area contributed by atoms with Crippen LogP contribution in [-0.2, 0) is 11.4 Å². The molecule has 1 aliphatic rings. The number of carbonyl (C=O) groups is 2. The van der Waals surface area contributed by atoms with Crippen molar-refractivity contribution in [2.24, 2.45) is 0 Å². The number of imide groups is 1. The zero-order chi connectivity index (χ0) is 18.5. The van der Waals surface area contributed by atoms with Crippen LogP contribution in [0.1, 0.15) is 11.1 Å². The minimum atomic E-state index is -0.462. The summed E-state index contributed by atoms with van der Waals surface area (Å²) in [6.45, 7) is 3.94. The number of hydrogen-bond donors (Lipinski definition) is 1. The summed E-state index contributed by atoms with van der Waals surface area (Å²) in [7, 11) is 0. The van der Waals surface area contributed by atoms with Crippen molar-refractivity contribution >= 4 is 18.0 Å². The molecule has 1 saturated heterocycles. The molecule has 132 valence electrons. The molecule has 6 heteroatoms. The van der Waals surface area contributed by atoms with Crippen LogP contribution in [0.2, 0.25) is 0 Å². The van der Waals surface area contributed by atoms with Gasteiger partial charge in [0.25, 0.3) is 5.91 Å². The quantitative estimate of drug-likeness (QED) is 0.492. The summed E-state index contributed by atoms with van der Waals surface area (Å²) in [5.74, 6) is -0.0744. The van der Waals surface area contributed by atoms with E-state index in [4.69, 9.17) is 4.74 Å². The van der Waals surface area contributed by atoms with Crippen molar-refractivity contribution in [3.05, 3.63) is 83.8 Å². The summed E-state index contributed by atoms with van der Waals surface area (Å²) in [6.07, 6.45) is 3.09. The van der Waals surface area contributed by atoms with Gasteiger partial charge in [-0.15, -0.1) is 6.58 Å². The SMILES string of the molecule is C=CCN1C(=O)N/C(=C/c2ccc(OCc3cccc(F)c3)cc2)C1=O. The monoisotopic (exact) mass is 352 g/mol. The molecule has 5 nitrogen and oxygen atoms in total. The lowest BCUT2D eigenvalue weighted by molar-refractivity contribution is -0.122. The Kier molecular flexibility index (Phi) is 5.12. The second kappa shape index (κ2) is 7.65. The van der Waals surface area contributed by atoms with Gasteiger partial charge in [-0.25, -0.2) is 9.18 Å². The molecule has 2 aromatic rings. The Morgan fingerprint density at radius 1 is 1.15 bits per heavy atom. The van der Waals surface area contributed by atoms with Crippen LogP contribution >= 0.6 is 0 Å². The van der Waals surface area contributed by atoms with Crippen molar-refractivity contribution in [2.75, 3.05) is 6.54 Å². The fourth-order valence-corrected chi connectivity index (χ4v) is 2.49. The first-order chi connectivity index (χ1) is 12.6. The predicted octanol–water partition coefficient (Wildman–Crippen LogP) is 3.48. The maximum absolute atomic E-state index is 13.1. The van der Waals surface area contributed by atoms with Crippen molar-refractivity contribution in [3.63, 3.8) is 0 Å². The van der Waals surface area contributed by atoms with Gasteiger partial charge in [0.15, 0.2) is 0 Å². The molecule has 0 spiro atoms.